The molecule has 0 bridgehead atoms. The van der Waals surface area contributed by atoms with Gasteiger partial charge in [-0.05, 0) is 35.9 Å². The van der Waals surface area contributed by atoms with Crippen molar-refractivity contribution in [2.24, 2.45) is 0 Å². The number of pyridine rings is 1. The molecule has 0 spiro atoms. The molecule has 0 unspecified atom stereocenters. The molecule has 1 aliphatic heterocycles. The minimum absolute atomic E-state index is 0.109. The van der Waals surface area contributed by atoms with E-state index in [0.717, 1.165) is 24.9 Å². The molecular formula is C18H19N3O2S. The van der Waals surface area contributed by atoms with Gasteiger partial charge < -0.3 is 10.2 Å². The molecule has 3 heterocycles. The second-order valence-corrected chi connectivity index (χ2v) is 6.60. The van der Waals surface area contributed by atoms with Crippen molar-refractivity contribution in [3.8, 4) is 0 Å². The fourth-order valence-electron chi connectivity index (χ4n) is 2.80. The number of hydrogen-bond acceptors (Lipinski definition) is 4. The van der Waals surface area contributed by atoms with Gasteiger partial charge >= 0.3 is 0 Å². The summed E-state index contributed by atoms with van der Waals surface area (Å²) in [6.45, 7) is 1.13. The van der Waals surface area contributed by atoms with E-state index in [4.69, 9.17) is 0 Å². The number of aromatic nitrogens is 1. The lowest BCUT2D eigenvalue weighted by atomic mass is 10.2. The van der Waals surface area contributed by atoms with E-state index in [2.05, 4.69) is 16.4 Å². The fourth-order valence-corrected chi connectivity index (χ4v) is 3.67. The van der Waals surface area contributed by atoms with Crippen molar-refractivity contribution in [3.63, 3.8) is 0 Å². The Bertz CT molecular complexity index is 713. The van der Waals surface area contributed by atoms with E-state index < -0.39 is 0 Å². The highest BCUT2D eigenvalue weighted by molar-refractivity contribution is 7.10. The van der Waals surface area contributed by atoms with Crippen molar-refractivity contribution in [2.45, 2.75) is 25.4 Å². The number of thiophene rings is 1. The zero-order valence-electron chi connectivity index (χ0n) is 13.2. The minimum atomic E-state index is -0.279. The normalized spacial score (nSPS) is 17.3. The Morgan fingerprint density at radius 2 is 2.25 bits per heavy atom. The number of nitrogens with zero attached hydrogens (tertiary/aromatic N) is 2. The molecule has 0 aromatic carbocycles. The van der Waals surface area contributed by atoms with E-state index in [9.17, 15) is 9.59 Å². The third-order valence-corrected chi connectivity index (χ3v) is 4.95. The van der Waals surface area contributed by atoms with E-state index in [0.29, 0.717) is 6.54 Å². The van der Waals surface area contributed by atoms with Gasteiger partial charge in [0.05, 0.1) is 6.04 Å². The number of rotatable bonds is 5. The monoisotopic (exact) mass is 341 g/mol. The molecule has 24 heavy (non-hydrogen) atoms. The van der Waals surface area contributed by atoms with Gasteiger partial charge in [0.2, 0.25) is 11.8 Å². The maximum atomic E-state index is 12.4. The van der Waals surface area contributed by atoms with Crippen LogP contribution in [0.3, 0.4) is 0 Å². The molecule has 2 amide bonds. The van der Waals surface area contributed by atoms with E-state index >= 15 is 0 Å². The molecule has 6 heteroatoms. The first-order valence-electron chi connectivity index (χ1n) is 7.93. The number of carbonyl (C=O) groups is 2. The average molecular weight is 341 g/mol. The van der Waals surface area contributed by atoms with Crippen LogP contribution in [0.15, 0.2) is 54.2 Å². The third-order valence-electron chi connectivity index (χ3n) is 3.97. The van der Waals surface area contributed by atoms with Gasteiger partial charge in [0.15, 0.2) is 0 Å². The molecule has 3 rings (SSSR count). The maximum Gasteiger partial charge on any atom is 0.247 e. The van der Waals surface area contributed by atoms with Crippen LogP contribution in [-0.2, 0) is 16.1 Å². The Hall–Kier alpha value is -2.47. The predicted octanol–water partition coefficient (Wildman–Crippen LogP) is 2.68. The predicted molar refractivity (Wildman–Crippen MR) is 93.2 cm³/mol. The van der Waals surface area contributed by atoms with Crippen molar-refractivity contribution in [1.29, 1.82) is 0 Å². The number of hydrogen-bond donors (Lipinski definition) is 1. The molecule has 1 aliphatic rings. The van der Waals surface area contributed by atoms with Gasteiger partial charge in [-0.2, -0.15) is 0 Å². The lowest BCUT2D eigenvalue weighted by Crippen LogP contribution is -2.29. The Morgan fingerprint density at radius 3 is 3.00 bits per heavy atom. The van der Waals surface area contributed by atoms with Crippen LogP contribution in [0.25, 0.3) is 0 Å². The first-order valence-corrected chi connectivity index (χ1v) is 8.81. The summed E-state index contributed by atoms with van der Waals surface area (Å²) in [4.78, 5) is 31.3. The standard InChI is InChI=1S/C18H19N3O2S/c22-17(20-13-14-4-1-9-19-12-14)7-8-18(23)21-10-2-5-15(21)16-6-3-11-24-16/h1,3-4,6-9,11-12,15H,2,5,10,13H2,(H,20,22)/b8-7+/t15-/m1/s1. The molecule has 0 saturated carbocycles. The van der Waals surface area contributed by atoms with Gasteiger partial charge in [0.25, 0.3) is 0 Å². The van der Waals surface area contributed by atoms with Crippen molar-refractivity contribution in [2.75, 3.05) is 6.54 Å². The highest BCUT2D eigenvalue weighted by atomic mass is 32.1. The molecule has 2 aromatic heterocycles. The maximum absolute atomic E-state index is 12.4. The van der Waals surface area contributed by atoms with Gasteiger partial charge in [0, 0.05) is 42.5 Å². The molecule has 1 atom stereocenters. The Morgan fingerprint density at radius 1 is 1.33 bits per heavy atom. The van der Waals surface area contributed by atoms with E-state index in [1.54, 1.807) is 23.7 Å². The number of likely N-dealkylation sites (tertiary alicyclic amines) is 1. The lowest BCUT2D eigenvalue weighted by molar-refractivity contribution is -0.127. The lowest BCUT2D eigenvalue weighted by Gasteiger charge is -2.22. The highest BCUT2D eigenvalue weighted by Gasteiger charge is 2.29. The quantitative estimate of drug-likeness (QED) is 0.851. The molecule has 1 fully saturated rings. The van der Waals surface area contributed by atoms with Crippen molar-refractivity contribution in [3.05, 3.63) is 64.6 Å². The molecule has 5 nitrogen and oxygen atoms in total. The summed E-state index contributed by atoms with van der Waals surface area (Å²) < 4.78 is 0. The van der Waals surface area contributed by atoms with Gasteiger partial charge in [-0.15, -0.1) is 11.3 Å². The smallest absolute Gasteiger partial charge is 0.247 e. The van der Waals surface area contributed by atoms with Gasteiger partial charge in [-0.25, -0.2) is 0 Å². The Balaban J connectivity index is 1.53. The summed E-state index contributed by atoms with van der Waals surface area (Å²) >= 11 is 1.67. The van der Waals surface area contributed by atoms with Crippen LogP contribution in [0.1, 0.15) is 29.3 Å². The van der Waals surface area contributed by atoms with E-state index in [-0.39, 0.29) is 17.9 Å². The van der Waals surface area contributed by atoms with Crippen LogP contribution in [0.4, 0.5) is 0 Å². The summed E-state index contributed by atoms with van der Waals surface area (Å²) in [6, 6.07) is 7.91. The molecule has 124 valence electrons. The molecule has 0 radical (unpaired) electrons. The van der Waals surface area contributed by atoms with E-state index in [1.165, 1.54) is 17.0 Å². The zero-order chi connectivity index (χ0) is 16.8. The minimum Gasteiger partial charge on any atom is -0.348 e. The van der Waals surface area contributed by atoms with Crippen molar-refractivity contribution < 1.29 is 9.59 Å². The molecule has 0 aliphatic carbocycles. The van der Waals surface area contributed by atoms with Gasteiger partial charge in [-0.1, -0.05) is 12.1 Å². The Kier molecular flexibility index (Phi) is 5.38. The topological polar surface area (TPSA) is 62.3 Å². The average Bonchev–Trinajstić information content (AvgIpc) is 3.29. The van der Waals surface area contributed by atoms with Crippen LogP contribution < -0.4 is 5.32 Å². The highest BCUT2D eigenvalue weighted by Crippen LogP contribution is 2.34. The summed E-state index contributed by atoms with van der Waals surface area (Å²) in [5.41, 5.74) is 0.919. The van der Waals surface area contributed by atoms with Crippen LogP contribution in [0, 0.1) is 0 Å². The number of carbonyl (C=O) groups excluding carboxylic acids is 2. The summed E-state index contributed by atoms with van der Waals surface area (Å²) in [5, 5.41) is 4.78. The second kappa shape index (κ2) is 7.88. The van der Waals surface area contributed by atoms with Gasteiger partial charge in [0.1, 0.15) is 0 Å². The first-order chi connectivity index (χ1) is 11.7. The van der Waals surface area contributed by atoms with Crippen LogP contribution in [0.2, 0.25) is 0 Å². The molecule has 1 N–H and O–H groups in total. The van der Waals surface area contributed by atoms with Crippen molar-refractivity contribution in [1.82, 2.24) is 15.2 Å². The largest absolute Gasteiger partial charge is 0.348 e. The van der Waals surface area contributed by atoms with E-state index in [1.807, 2.05) is 28.5 Å². The third kappa shape index (κ3) is 4.08. The summed E-state index contributed by atoms with van der Waals surface area (Å²) in [7, 11) is 0. The SMILES string of the molecule is O=C(/C=C/C(=O)N1CCC[C@@H]1c1cccs1)NCc1cccnc1. The van der Waals surface area contributed by atoms with Gasteiger partial charge in [-0.3, -0.25) is 14.6 Å². The Labute approximate surface area is 145 Å². The molecule has 1 saturated heterocycles. The summed E-state index contributed by atoms with van der Waals surface area (Å²) in [6.07, 6.45) is 8.03. The van der Waals surface area contributed by atoms with Crippen LogP contribution in [0.5, 0.6) is 0 Å². The molecule has 2 aromatic rings. The number of amides is 2. The van der Waals surface area contributed by atoms with Crippen molar-refractivity contribution >= 4 is 23.2 Å². The fraction of sp³-hybridized carbons (Fsp3) is 0.278. The number of nitrogens with one attached hydrogen (secondary N) is 1. The zero-order valence-corrected chi connectivity index (χ0v) is 14.0. The van der Waals surface area contributed by atoms with Crippen LogP contribution >= 0.6 is 11.3 Å². The first kappa shape index (κ1) is 16.4. The second-order valence-electron chi connectivity index (χ2n) is 5.62. The molecular weight excluding hydrogens is 322 g/mol. The van der Waals surface area contributed by atoms with Crippen LogP contribution in [-0.4, -0.2) is 28.2 Å². The summed E-state index contributed by atoms with van der Waals surface area (Å²) in [5.74, 6) is -0.387.